The van der Waals surface area contributed by atoms with Gasteiger partial charge in [0.1, 0.15) is 11.6 Å². The first-order valence-electron chi connectivity index (χ1n) is 5.42. The molecule has 0 saturated carbocycles. The number of methoxy groups -OCH3 is 1. The Kier molecular flexibility index (Phi) is 3.72. The van der Waals surface area contributed by atoms with Crippen molar-refractivity contribution < 1.29 is 4.74 Å². The second-order valence-electron chi connectivity index (χ2n) is 3.93. The van der Waals surface area contributed by atoms with Crippen LogP contribution in [0.25, 0.3) is 0 Å². The van der Waals surface area contributed by atoms with Gasteiger partial charge in [-0.15, -0.1) is 0 Å². The van der Waals surface area contributed by atoms with E-state index in [1.165, 1.54) is 0 Å². The first kappa shape index (κ1) is 12.7. The Hall–Kier alpha value is -1.75. The van der Waals surface area contributed by atoms with Crippen LogP contribution in [-0.2, 0) is 0 Å². The second kappa shape index (κ2) is 5.27. The van der Waals surface area contributed by atoms with Crippen molar-refractivity contribution in [3.8, 4) is 5.75 Å². The zero-order valence-corrected chi connectivity index (χ0v) is 11.8. The smallest absolute Gasteiger partial charge is 0.130 e. The summed E-state index contributed by atoms with van der Waals surface area (Å²) in [5.74, 6) is 1.53. The molecule has 94 valence electrons. The summed E-state index contributed by atoms with van der Waals surface area (Å²) in [6.45, 7) is 1.95. The van der Waals surface area contributed by atoms with Gasteiger partial charge >= 0.3 is 0 Å². The molecule has 0 spiro atoms. The normalized spacial score (nSPS) is 10.2. The molecular weight excluding hydrogens is 294 g/mol. The Bertz CT molecular complexity index is 572. The number of halogens is 1. The van der Waals surface area contributed by atoms with Crippen LogP contribution in [0.15, 0.2) is 34.9 Å². The van der Waals surface area contributed by atoms with Gasteiger partial charge in [0.05, 0.1) is 19.0 Å². The number of rotatable bonds is 3. The topological polar surface area (TPSA) is 60.2 Å². The fourth-order valence-corrected chi connectivity index (χ4v) is 2.01. The number of aryl methyl sites for hydroxylation is 1. The number of ether oxygens (including phenoxy) is 1. The maximum Gasteiger partial charge on any atom is 0.130 e. The molecule has 0 amide bonds. The summed E-state index contributed by atoms with van der Waals surface area (Å²) in [5.41, 5.74) is 8.32. The van der Waals surface area contributed by atoms with Gasteiger partial charge in [-0.1, -0.05) is 15.9 Å². The van der Waals surface area contributed by atoms with E-state index >= 15 is 0 Å². The van der Waals surface area contributed by atoms with E-state index in [-0.39, 0.29) is 0 Å². The summed E-state index contributed by atoms with van der Waals surface area (Å²) in [6.07, 6.45) is 1.65. The van der Waals surface area contributed by atoms with Crippen molar-refractivity contribution in [2.75, 3.05) is 18.2 Å². The highest BCUT2D eigenvalue weighted by Gasteiger charge is 2.02. The molecule has 1 aromatic carbocycles. The number of nitrogens with zero attached hydrogens (tertiary/aromatic N) is 1. The third-order valence-electron chi connectivity index (χ3n) is 2.53. The van der Waals surface area contributed by atoms with Crippen LogP contribution in [-0.4, -0.2) is 12.1 Å². The van der Waals surface area contributed by atoms with Crippen LogP contribution in [0.5, 0.6) is 5.75 Å². The van der Waals surface area contributed by atoms with E-state index in [1.807, 2.05) is 31.2 Å². The first-order chi connectivity index (χ1) is 8.58. The van der Waals surface area contributed by atoms with Gasteiger partial charge in [-0.25, -0.2) is 4.98 Å². The summed E-state index contributed by atoms with van der Waals surface area (Å²) in [5, 5.41) is 3.21. The van der Waals surface area contributed by atoms with Crippen LogP contribution in [0.2, 0.25) is 0 Å². The average Bonchev–Trinajstić information content (AvgIpc) is 2.33. The number of benzene rings is 1. The van der Waals surface area contributed by atoms with Crippen molar-refractivity contribution in [1.29, 1.82) is 0 Å². The molecule has 0 bridgehead atoms. The van der Waals surface area contributed by atoms with E-state index in [9.17, 15) is 0 Å². The van der Waals surface area contributed by atoms with Crippen LogP contribution in [0.3, 0.4) is 0 Å². The Morgan fingerprint density at radius 3 is 2.72 bits per heavy atom. The summed E-state index contributed by atoms with van der Waals surface area (Å²) >= 11 is 3.43. The quantitative estimate of drug-likeness (QED) is 0.911. The van der Waals surface area contributed by atoms with E-state index in [0.29, 0.717) is 5.69 Å². The van der Waals surface area contributed by atoms with Crippen molar-refractivity contribution in [2.45, 2.75) is 6.92 Å². The van der Waals surface area contributed by atoms with Gasteiger partial charge in [-0.3, -0.25) is 0 Å². The van der Waals surface area contributed by atoms with Gasteiger partial charge in [0.15, 0.2) is 0 Å². The SMILES string of the molecule is COc1cc(Br)cc(Nc2cc(C)c(N)cn2)c1. The number of nitrogens with two attached hydrogens (primary N) is 1. The molecular formula is C13H14BrN3O. The molecule has 18 heavy (non-hydrogen) atoms. The van der Waals surface area contributed by atoms with Gasteiger partial charge in [0, 0.05) is 16.2 Å². The number of aromatic nitrogens is 1. The highest BCUT2D eigenvalue weighted by Crippen LogP contribution is 2.26. The van der Waals surface area contributed by atoms with Crippen molar-refractivity contribution in [3.63, 3.8) is 0 Å². The minimum Gasteiger partial charge on any atom is -0.497 e. The molecule has 2 aromatic rings. The molecule has 3 N–H and O–H groups in total. The third kappa shape index (κ3) is 2.92. The standard InChI is InChI=1S/C13H14BrN3O/c1-8-3-13(16-7-12(8)15)17-10-4-9(14)5-11(6-10)18-2/h3-7H,15H2,1-2H3,(H,16,17). The lowest BCUT2D eigenvalue weighted by Gasteiger charge is -2.09. The fraction of sp³-hybridized carbons (Fsp3) is 0.154. The highest BCUT2D eigenvalue weighted by atomic mass is 79.9. The molecule has 1 heterocycles. The summed E-state index contributed by atoms with van der Waals surface area (Å²) in [4.78, 5) is 4.23. The summed E-state index contributed by atoms with van der Waals surface area (Å²) in [6, 6.07) is 7.66. The number of nitrogen functional groups attached to an aromatic ring is 1. The zero-order chi connectivity index (χ0) is 13.1. The molecule has 0 saturated heterocycles. The lowest BCUT2D eigenvalue weighted by Crippen LogP contribution is -1.97. The zero-order valence-electron chi connectivity index (χ0n) is 10.2. The number of pyridine rings is 1. The number of nitrogens with one attached hydrogen (secondary N) is 1. The van der Waals surface area contributed by atoms with Crippen molar-refractivity contribution in [2.24, 2.45) is 0 Å². The van der Waals surface area contributed by atoms with E-state index < -0.39 is 0 Å². The van der Waals surface area contributed by atoms with Gasteiger partial charge in [0.2, 0.25) is 0 Å². The molecule has 1 aromatic heterocycles. The largest absolute Gasteiger partial charge is 0.497 e. The minimum absolute atomic E-state index is 0.687. The molecule has 4 nitrogen and oxygen atoms in total. The fourth-order valence-electron chi connectivity index (χ4n) is 1.54. The minimum atomic E-state index is 0.687. The van der Waals surface area contributed by atoms with Crippen LogP contribution in [0.4, 0.5) is 17.2 Å². The summed E-state index contributed by atoms with van der Waals surface area (Å²) in [7, 11) is 1.64. The Morgan fingerprint density at radius 2 is 2.06 bits per heavy atom. The van der Waals surface area contributed by atoms with Gasteiger partial charge < -0.3 is 15.8 Å². The molecule has 0 aliphatic heterocycles. The molecule has 0 aliphatic carbocycles. The third-order valence-corrected chi connectivity index (χ3v) is 2.99. The van der Waals surface area contributed by atoms with Crippen molar-refractivity contribution >= 4 is 33.1 Å². The molecule has 0 aliphatic rings. The van der Waals surface area contributed by atoms with Crippen LogP contribution in [0.1, 0.15) is 5.56 Å². The Morgan fingerprint density at radius 1 is 1.28 bits per heavy atom. The average molecular weight is 308 g/mol. The first-order valence-corrected chi connectivity index (χ1v) is 6.21. The van der Waals surface area contributed by atoms with Crippen LogP contribution < -0.4 is 15.8 Å². The maximum atomic E-state index is 5.73. The molecule has 2 rings (SSSR count). The molecule has 0 fully saturated rings. The van der Waals surface area contributed by atoms with Crippen LogP contribution in [0, 0.1) is 6.92 Å². The predicted octanol–water partition coefficient (Wildman–Crippen LogP) is 3.49. The van der Waals surface area contributed by atoms with E-state index in [2.05, 4.69) is 26.2 Å². The molecule has 0 radical (unpaired) electrons. The van der Waals surface area contributed by atoms with E-state index in [4.69, 9.17) is 10.5 Å². The monoisotopic (exact) mass is 307 g/mol. The number of hydrogen-bond acceptors (Lipinski definition) is 4. The van der Waals surface area contributed by atoms with Crippen molar-refractivity contribution in [1.82, 2.24) is 4.98 Å². The Balaban J connectivity index is 2.27. The van der Waals surface area contributed by atoms with E-state index in [0.717, 1.165) is 27.3 Å². The molecule has 5 heteroatoms. The predicted molar refractivity (Wildman–Crippen MR) is 77.4 cm³/mol. The van der Waals surface area contributed by atoms with Crippen molar-refractivity contribution in [3.05, 3.63) is 40.5 Å². The lowest BCUT2D eigenvalue weighted by molar-refractivity contribution is 0.415. The molecule has 0 atom stereocenters. The Labute approximate surface area is 114 Å². The van der Waals surface area contributed by atoms with Crippen LogP contribution >= 0.6 is 15.9 Å². The lowest BCUT2D eigenvalue weighted by atomic mass is 10.2. The van der Waals surface area contributed by atoms with Gasteiger partial charge in [-0.2, -0.15) is 0 Å². The molecule has 0 unspecified atom stereocenters. The number of hydrogen-bond donors (Lipinski definition) is 2. The summed E-state index contributed by atoms with van der Waals surface area (Å²) < 4.78 is 6.15. The van der Waals surface area contributed by atoms with Gasteiger partial charge in [0.25, 0.3) is 0 Å². The maximum absolute atomic E-state index is 5.73. The van der Waals surface area contributed by atoms with Gasteiger partial charge in [-0.05, 0) is 30.7 Å². The second-order valence-corrected chi connectivity index (χ2v) is 4.85. The number of anilines is 3. The highest BCUT2D eigenvalue weighted by molar-refractivity contribution is 9.10. The van der Waals surface area contributed by atoms with E-state index in [1.54, 1.807) is 13.3 Å².